The quantitative estimate of drug-likeness (QED) is 0.599. The molecule has 0 aromatic heterocycles. The summed E-state index contributed by atoms with van der Waals surface area (Å²) in [5.41, 5.74) is -0.191. The Balaban J connectivity index is 1.74. The molecular weight excluding hydrogens is 441 g/mol. The lowest BCUT2D eigenvalue weighted by Gasteiger charge is -2.45. The molecule has 5 atom stereocenters. The molecule has 2 aromatic carbocycles. The highest BCUT2D eigenvalue weighted by molar-refractivity contribution is 6.35. The monoisotopic (exact) mass is 458 g/mol. The minimum absolute atomic E-state index is 0.0169. The van der Waals surface area contributed by atoms with Gasteiger partial charge in [0.15, 0.2) is 5.78 Å². The number of hydrogen-bond donors (Lipinski definition) is 3. The van der Waals surface area contributed by atoms with Crippen molar-refractivity contribution < 1.29 is 42.8 Å². The Kier molecular flexibility index (Phi) is 5.40. The summed E-state index contributed by atoms with van der Waals surface area (Å²) in [6.07, 6.45) is -10.0. The highest BCUT2D eigenvalue weighted by atomic mass is 35.5. The molecule has 2 heterocycles. The summed E-state index contributed by atoms with van der Waals surface area (Å²) in [7, 11) is 0. The number of ether oxygens (including phenoxy) is 2. The highest BCUT2D eigenvalue weighted by Gasteiger charge is 2.57. The lowest BCUT2D eigenvalue weighted by atomic mass is 9.86. The van der Waals surface area contributed by atoms with E-state index in [0.29, 0.717) is 5.56 Å². The van der Waals surface area contributed by atoms with E-state index >= 15 is 0 Å². The smallest absolute Gasteiger partial charge is 0.388 e. The molecule has 166 valence electrons. The predicted molar refractivity (Wildman–Crippen MR) is 101 cm³/mol. The minimum Gasteiger partial charge on any atom is -0.388 e. The summed E-state index contributed by atoms with van der Waals surface area (Å²) < 4.78 is 49.8. The van der Waals surface area contributed by atoms with Crippen molar-refractivity contribution in [1.82, 2.24) is 0 Å². The fourth-order valence-electron chi connectivity index (χ4n) is 3.91. The number of benzene rings is 2. The Hall–Kier alpha value is -2.01. The van der Waals surface area contributed by atoms with Crippen molar-refractivity contribution in [1.29, 1.82) is 0 Å². The van der Waals surface area contributed by atoms with Gasteiger partial charge in [0.2, 0.25) is 5.79 Å². The second-order valence-electron chi connectivity index (χ2n) is 7.60. The Morgan fingerprint density at radius 1 is 1.13 bits per heavy atom. The third-order valence-electron chi connectivity index (χ3n) is 5.63. The maximum absolute atomic E-state index is 13.0. The second-order valence-corrected chi connectivity index (χ2v) is 8.01. The molecule has 10 heteroatoms. The predicted octanol–water partition coefficient (Wildman–Crippen LogP) is 2.77. The Morgan fingerprint density at radius 3 is 2.39 bits per heavy atom. The van der Waals surface area contributed by atoms with E-state index in [4.69, 9.17) is 21.1 Å². The fourth-order valence-corrected chi connectivity index (χ4v) is 4.18. The van der Waals surface area contributed by atoms with Crippen LogP contribution in [0.1, 0.15) is 39.5 Å². The van der Waals surface area contributed by atoms with Crippen molar-refractivity contribution in [2.75, 3.05) is 0 Å². The van der Waals surface area contributed by atoms with Crippen LogP contribution >= 0.6 is 11.6 Å². The van der Waals surface area contributed by atoms with Crippen molar-refractivity contribution in [3.05, 3.63) is 69.2 Å². The molecule has 4 rings (SSSR count). The summed E-state index contributed by atoms with van der Waals surface area (Å²) in [5, 5.41) is 30.8. The van der Waals surface area contributed by atoms with Crippen molar-refractivity contribution >= 4 is 17.4 Å². The number of alkyl halides is 3. The number of fused-ring (bicyclic) bond motifs is 2. The molecule has 1 spiro atoms. The van der Waals surface area contributed by atoms with Gasteiger partial charge in [-0.25, -0.2) is 0 Å². The first-order chi connectivity index (χ1) is 14.5. The van der Waals surface area contributed by atoms with Gasteiger partial charge in [0, 0.05) is 16.7 Å². The van der Waals surface area contributed by atoms with Crippen LogP contribution in [0.3, 0.4) is 0 Å². The lowest BCUT2D eigenvalue weighted by molar-refractivity contribution is -0.362. The van der Waals surface area contributed by atoms with E-state index in [-0.39, 0.29) is 28.3 Å². The zero-order chi connectivity index (χ0) is 22.7. The van der Waals surface area contributed by atoms with Gasteiger partial charge in [-0.1, -0.05) is 23.7 Å². The average molecular weight is 459 g/mol. The molecule has 0 radical (unpaired) electrons. The van der Waals surface area contributed by atoms with Gasteiger partial charge in [0.05, 0.1) is 23.3 Å². The molecule has 2 aliphatic heterocycles. The van der Waals surface area contributed by atoms with Crippen LogP contribution < -0.4 is 0 Å². The van der Waals surface area contributed by atoms with E-state index < -0.39 is 47.7 Å². The van der Waals surface area contributed by atoms with Crippen LogP contribution in [0.2, 0.25) is 5.02 Å². The molecule has 31 heavy (non-hydrogen) atoms. The molecule has 1 fully saturated rings. The Morgan fingerprint density at radius 2 is 1.77 bits per heavy atom. The van der Waals surface area contributed by atoms with Crippen molar-refractivity contribution in [3.8, 4) is 0 Å². The van der Waals surface area contributed by atoms with Gasteiger partial charge >= 0.3 is 6.18 Å². The molecule has 0 aliphatic carbocycles. The van der Waals surface area contributed by atoms with E-state index in [1.807, 2.05) is 0 Å². The number of hydrogen-bond acceptors (Lipinski definition) is 6. The van der Waals surface area contributed by atoms with Gasteiger partial charge in [0.1, 0.15) is 18.3 Å². The minimum atomic E-state index is -4.53. The number of aliphatic hydroxyl groups is 3. The van der Waals surface area contributed by atoms with Gasteiger partial charge < -0.3 is 24.8 Å². The maximum Gasteiger partial charge on any atom is 0.416 e. The van der Waals surface area contributed by atoms with Crippen LogP contribution in [0.15, 0.2) is 36.4 Å². The van der Waals surface area contributed by atoms with Gasteiger partial charge in [-0.2, -0.15) is 13.2 Å². The molecule has 0 bridgehead atoms. The fraction of sp³-hybridized carbons (Fsp3) is 0.381. The Labute approximate surface area is 179 Å². The standard InChI is InChI=1S/C21H18ClF3O6/c1-9-16(26)18(28)19(29)20(31-9)14-7-13(15(22)6-11(14)8-30-20)17(27)10-2-4-12(5-3-10)21(23,24)25/h2-7,9,16,18-19,26,28-29H,8H2,1H3/t9-,16-,18+,19-,20+/m1/s1. The zero-order valence-corrected chi connectivity index (χ0v) is 16.8. The van der Waals surface area contributed by atoms with Gasteiger partial charge in [-0.05, 0) is 36.8 Å². The van der Waals surface area contributed by atoms with Crippen LogP contribution in [0.25, 0.3) is 0 Å². The summed E-state index contributed by atoms with van der Waals surface area (Å²) in [5.74, 6) is -2.46. The van der Waals surface area contributed by atoms with Crippen molar-refractivity contribution in [2.45, 2.75) is 49.9 Å². The largest absolute Gasteiger partial charge is 0.416 e. The lowest BCUT2D eigenvalue weighted by Crippen LogP contribution is -2.62. The SMILES string of the molecule is C[C@H]1O[C@]2(OCc3cc(Cl)c(C(=O)c4ccc(C(F)(F)F)cc4)cc32)[C@H](O)[C@@H](O)[C@@H]1O. The summed E-state index contributed by atoms with van der Waals surface area (Å²) >= 11 is 6.25. The number of aliphatic hydroxyl groups excluding tert-OH is 3. The van der Waals surface area contributed by atoms with E-state index in [0.717, 1.165) is 24.3 Å². The van der Waals surface area contributed by atoms with Gasteiger partial charge in [-0.15, -0.1) is 0 Å². The van der Waals surface area contributed by atoms with Crippen LogP contribution in [0, 0.1) is 0 Å². The van der Waals surface area contributed by atoms with Crippen LogP contribution in [0.4, 0.5) is 13.2 Å². The third kappa shape index (κ3) is 3.55. The summed E-state index contributed by atoms with van der Waals surface area (Å²) in [6, 6.07) is 6.48. The molecule has 2 aliphatic rings. The van der Waals surface area contributed by atoms with E-state index in [2.05, 4.69) is 0 Å². The topological polar surface area (TPSA) is 96.2 Å². The molecule has 0 amide bonds. The molecule has 2 aromatic rings. The summed E-state index contributed by atoms with van der Waals surface area (Å²) in [6.45, 7) is 1.46. The molecule has 0 unspecified atom stereocenters. The molecule has 1 saturated heterocycles. The number of ketones is 1. The van der Waals surface area contributed by atoms with Crippen molar-refractivity contribution in [3.63, 3.8) is 0 Å². The normalized spacial score (nSPS) is 30.5. The summed E-state index contributed by atoms with van der Waals surface area (Å²) in [4.78, 5) is 13.0. The average Bonchev–Trinajstić information content (AvgIpc) is 3.07. The van der Waals surface area contributed by atoms with E-state index in [1.165, 1.54) is 19.1 Å². The van der Waals surface area contributed by atoms with Crippen molar-refractivity contribution in [2.24, 2.45) is 0 Å². The first kappa shape index (κ1) is 22.2. The van der Waals surface area contributed by atoms with Crippen LogP contribution in [-0.2, 0) is 28.0 Å². The number of halogens is 4. The third-order valence-corrected chi connectivity index (χ3v) is 5.95. The van der Waals surface area contributed by atoms with E-state index in [1.54, 1.807) is 0 Å². The second kappa shape index (κ2) is 7.54. The van der Waals surface area contributed by atoms with Crippen LogP contribution in [0.5, 0.6) is 0 Å². The van der Waals surface area contributed by atoms with Crippen LogP contribution in [-0.4, -0.2) is 45.5 Å². The molecule has 6 nitrogen and oxygen atoms in total. The molecule has 0 saturated carbocycles. The Bertz CT molecular complexity index is 1030. The number of carbonyl (C=O) groups is 1. The number of carbonyl (C=O) groups excluding carboxylic acids is 1. The first-order valence-corrected chi connectivity index (χ1v) is 9.74. The van der Waals surface area contributed by atoms with E-state index in [9.17, 15) is 33.3 Å². The zero-order valence-electron chi connectivity index (χ0n) is 16.1. The highest BCUT2D eigenvalue weighted by Crippen LogP contribution is 2.47. The molecular formula is C21H18ClF3O6. The van der Waals surface area contributed by atoms with Gasteiger partial charge in [0.25, 0.3) is 0 Å². The van der Waals surface area contributed by atoms with Gasteiger partial charge in [-0.3, -0.25) is 4.79 Å². The first-order valence-electron chi connectivity index (χ1n) is 9.36. The maximum atomic E-state index is 13.0. The molecule has 3 N–H and O–H groups in total. The number of rotatable bonds is 2.